The Kier molecular flexibility index (Phi) is 5.67. The van der Waals surface area contributed by atoms with Crippen LogP contribution in [0, 0.1) is 10.1 Å². The third-order valence-electron chi connectivity index (χ3n) is 4.12. The number of fused-ring (bicyclic) bond motifs is 1. The molecule has 0 aliphatic rings. The molecule has 1 unspecified atom stereocenters. The topological polar surface area (TPSA) is 150 Å². The monoisotopic (exact) mass is 434 g/mol. The summed E-state index contributed by atoms with van der Waals surface area (Å²) in [7, 11) is -0.868. The van der Waals surface area contributed by atoms with Gasteiger partial charge in [-0.05, 0) is 36.4 Å². The van der Waals surface area contributed by atoms with Crippen molar-refractivity contribution in [3.63, 3.8) is 0 Å². The summed E-state index contributed by atoms with van der Waals surface area (Å²) in [6.07, 6.45) is -1.07. The molecule has 13 heteroatoms. The number of nitro benzene ring substituents is 1. The summed E-state index contributed by atoms with van der Waals surface area (Å²) >= 11 is 0. The molecule has 1 N–H and O–H groups in total. The molecule has 0 saturated heterocycles. The number of carbonyl (C=O) groups is 1. The molecular weight excluding hydrogens is 416 g/mol. The lowest BCUT2D eigenvalue weighted by atomic mass is 10.2. The van der Waals surface area contributed by atoms with E-state index in [1.54, 1.807) is 0 Å². The van der Waals surface area contributed by atoms with Gasteiger partial charge in [0.05, 0.1) is 9.82 Å². The molecule has 2 aromatic carbocycles. The number of anilines is 1. The summed E-state index contributed by atoms with van der Waals surface area (Å²) in [6.45, 7) is 1.45. The van der Waals surface area contributed by atoms with Crippen molar-refractivity contribution in [2.45, 2.75) is 17.9 Å². The Bertz CT molecular complexity index is 1220. The Balaban J connectivity index is 1.81. The van der Waals surface area contributed by atoms with Crippen LogP contribution in [0.4, 0.5) is 11.4 Å². The van der Waals surface area contributed by atoms with Crippen LogP contribution in [0.25, 0.3) is 11.0 Å². The number of nitrogens with zero attached hydrogens (tertiary/aromatic N) is 5. The van der Waals surface area contributed by atoms with Crippen molar-refractivity contribution in [3.05, 3.63) is 52.6 Å². The molecule has 158 valence electrons. The normalized spacial score (nSPS) is 12.7. The molecule has 0 aliphatic heterocycles. The first-order valence-electron chi connectivity index (χ1n) is 8.60. The van der Waals surface area contributed by atoms with Gasteiger partial charge in [0.2, 0.25) is 16.1 Å². The van der Waals surface area contributed by atoms with Gasteiger partial charge in [0.25, 0.3) is 11.6 Å². The molecular formula is C17H18N6O6S. The highest BCUT2D eigenvalue weighted by Gasteiger charge is 2.21. The van der Waals surface area contributed by atoms with Crippen LogP contribution in [-0.2, 0) is 14.8 Å². The van der Waals surface area contributed by atoms with Crippen LogP contribution < -0.4 is 10.2 Å². The van der Waals surface area contributed by atoms with E-state index >= 15 is 0 Å². The van der Waals surface area contributed by atoms with Crippen molar-refractivity contribution < 1.29 is 23.0 Å². The van der Waals surface area contributed by atoms with Crippen molar-refractivity contribution in [1.29, 1.82) is 0 Å². The van der Waals surface area contributed by atoms with E-state index in [1.807, 2.05) is 0 Å². The second kappa shape index (κ2) is 8.04. The minimum absolute atomic E-state index is 0.0147. The standard InChI is InChI=1S/C17H18N6O6S/c1-11(17(24)18-12-5-4-6-13(9-12)23(25)26)29-22-16-10-14(30(27,28)21(2)3)7-8-15(16)19-20-22/h4-11H,1-3H3,(H,18,24). The summed E-state index contributed by atoms with van der Waals surface area (Å²) in [5, 5.41) is 21.1. The molecule has 1 atom stereocenters. The molecule has 30 heavy (non-hydrogen) atoms. The van der Waals surface area contributed by atoms with Crippen molar-refractivity contribution in [3.8, 4) is 0 Å². The van der Waals surface area contributed by atoms with Crippen LogP contribution in [0.1, 0.15) is 6.92 Å². The molecule has 12 nitrogen and oxygen atoms in total. The molecule has 0 radical (unpaired) electrons. The summed E-state index contributed by atoms with van der Waals surface area (Å²) in [5.74, 6) is -0.587. The Morgan fingerprint density at radius 3 is 2.67 bits per heavy atom. The van der Waals surface area contributed by atoms with Gasteiger partial charge in [-0.25, -0.2) is 12.7 Å². The van der Waals surface area contributed by atoms with Crippen LogP contribution >= 0.6 is 0 Å². The van der Waals surface area contributed by atoms with E-state index in [1.165, 1.54) is 63.5 Å². The maximum Gasteiger partial charge on any atom is 0.271 e. The summed E-state index contributed by atoms with van der Waals surface area (Å²) in [4.78, 5) is 29.2. The number of nitro groups is 1. The van der Waals surface area contributed by atoms with Gasteiger partial charge in [-0.15, -0.1) is 5.10 Å². The predicted molar refractivity (Wildman–Crippen MR) is 106 cm³/mol. The predicted octanol–water partition coefficient (Wildman–Crippen LogP) is 1.05. The highest BCUT2D eigenvalue weighted by atomic mass is 32.2. The summed E-state index contributed by atoms with van der Waals surface area (Å²) in [6, 6.07) is 9.68. The molecule has 0 fully saturated rings. The van der Waals surface area contributed by atoms with E-state index in [2.05, 4.69) is 15.6 Å². The summed E-state index contributed by atoms with van der Waals surface area (Å²) < 4.78 is 25.7. The SMILES string of the molecule is CC(On1nnc2ccc(S(=O)(=O)N(C)C)cc21)C(=O)Nc1cccc([N+](=O)[O-])c1. The van der Waals surface area contributed by atoms with Crippen molar-refractivity contribution in [2.24, 2.45) is 0 Å². The molecule has 1 amide bonds. The fourth-order valence-electron chi connectivity index (χ4n) is 2.47. The number of hydrogen-bond acceptors (Lipinski definition) is 8. The van der Waals surface area contributed by atoms with Crippen molar-refractivity contribution in [1.82, 2.24) is 19.5 Å². The Labute approximate surface area is 171 Å². The van der Waals surface area contributed by atoms with Gasteiger partial charge in [-0.2, -0.15) is 0 Å². The maximum absolute atomic E-state index is 12.4. The number of rotatable bonds is 7. The molecule has 0 aliphatic carbocycles. The quantitative estimate of drug-likeness (QED) is 0.428. The smallest absolute Gasteiger partial charge is 0.271 e. The Morgan fingerprint density at radius 2 is 2.00 bits per heavy atom. The number of amides is 1. The number of benzene rings is 2. The number of nitrogens with one attached hydrogen (secondary N) is 1. The number of aromatic nitrogens is 3. The molecule has 0 bridgehead atoms. The first-order valence-corrected chi connectivity index (χ1v) is 10.0. The van der Waals surface area contributed by atoms with E-state index in [9.17, 15) is 23.3 Å². The molecule has 1 heterocycles. The van der Waals surface area contributed by atoms with Crippen molar-refractivity contribution in [2.75, 3.05) is 19.4 Å². The largest absolute Gasteiger partial charge is 0.382 e. The molecule has 0 saturated carbocycles. The number of non-ortho nitro benzene ring substituents is 1. The van der Waals surface area contributed by atoms with Crippen LogP contribution in [0.5, 0.6) is 0 Å². The van der Waals surface area contributed by atoms with E-state index in [0.717, 1.165) is 9.15 Å². The first kappa shape index (κ1) is 21.1. The minimum atomic E-state index is -3.69. The second-order valence-corrected chi connectivity index (χ2v) is 8.60. The van der Waals surface area contributed by atoms with Crippen LogP contribution in [0.15, 0.2) is 47.4 Å². The van der Waals surface area contributed by atoms with Gasteiger partial charge < -0.3 is 10.2 Å². The number of hydrogen-bond donors (Lipinski definition) is 1. The van der Waals surface area contributed by atoms with E-state index < -0.39 is 27.0 Å². The molecule has 0 spiro atoms. The average molecular weight is 434 g/mol. The van der Waals surface area contributed by atoms with Gasteiger partial charge in [0.15, 0.2) is 0 Å². The van der Waals surface area contributed by atoms with Gasteiger partial charge in [-0.1, -0.05) is 10.9 Å². The molecule has 3 rings (SSSR count). The zero-order valence-electron chi connectivity index (χ0n) is 16.2. The highest BCUT2D eigenvalue weighted by molar-refractivity contribution is 7.89. The lowest BCUT2D eigenvalue weighted by molar-refractivity contribution is -0.384. The van der Waals surface area contributed by atoms with E-state index in [0.29, 0.717) is 5.52 Å². The van der Waals surface area contributed by atoms with E-state index in [-0.39, 0.29) is 21.8 Å². The number of carbonyl (C=O) groups excluding carboxylic acids is 1. The summed E-state index contributed by atoms with van der Waals surface area (Å²) in [5.41, 5.74) is 0.692. The zero-order valence-corrected chi connectivity index (χ0v) is 17.0. The fourth-order valence-corrected chi connectivity index (χ4v) is 3.39. The molecule has 3 aromatic rings. The lowest BCUT2D eigenvalue weighted by Crippen LogP contribution is -2.35. The van der Waals surface area contributed by atoms with Gasteiger partial charge in [0, 0.05) is 31.9 Å². The minimum Gasteiger partial charge on any atom is -0.382 e. The Hall–Kier alpha value is -3.58. The van der Waals surface area contributed by atoms with Gasteiger partial charge >= 0.3 is 0 Å². The van der Waals surface area contributed by atoms with E-state index in [4.69, 9.17) is 4.84 Å². The zero-order chi connectivity index (χ0) is 22.1. The third-order valence-corrected chi connectivity index (χ3v) is 5.93. The van der Waals surface area contributed by atoms with Crippen LogP contribution in [-0.4, -0.2) is 58.9 Å². The van der Waals surface area contributed by atoms with Gasteiger partial charge in [0.1, 0.15) is 11.0 Å². The van der Waals surface area contributed by atoms with Crippen LogP contribution in [0.3, 0.4) is 0 Å². The van der Waals surface area contributed by atoms with Crippen LogP contribution in [0.2, 0.25) is 0 Å². The highest BCUT2D eigenvalue weighted by Crippen LogP contribution is 2.20. The average Bonchev–Trinajstić information content (AvgIpc) is 3.10. The fraction of sp³-hybridized carbons (Fsp3) is 0.235. The lowest BCUT2D eigenvalue weighted by Gasteiger charge is -2.14. The maximum atomic E-state index is 12.4. The van der Waals surface area contributed by atoms with Crippen molar-refractivity contribution >= 4 is 38.3 Å². The Morgan fingerprint density at radius 1 is 1.27 bits per heavy atom. The number of sulfonamides is 1. The first-order chi connectivity index (χ1) is 14.1. The second-order valence-electron chi connectivity index (χ2n) is 6.44. The van der Waals surface area contributed by atoms with Gasteiger partial charge in [-0.3, -0.25) is 14.9 Å². The molecule has 1 aromatic heterocycles. The third kappa shape index (κ3) is 4.21.